The third-order valence-corrected chi connectivity index (χ3v) is 4.33. The van der Waals surface area contributed by atoms with Crippen LogP contribution in [-0.2, 0) is 0 Å². The fourth-order valence-electron chi connectivity index (χ4n) is 3.00. The van der Waals surface area contributed by atoms with Crippen LogP contribution in [0.15, 0.2) is 48.8 Å². The van der Waals surface area contributed by atoms with E-state index in [9.17, 15) is 4.79 Å². The lowest BCUT2D eigenvalue weighted by Crippen LogP contribution is -2.28. The van der Waals surface area contributed by atoms with E-state index in [0.717, 1.165) is 37.4 Å². The molecule has 24 heavy (non-hydrogen) atoms. The summed E-state index contributed by atoms with van der Waals surface area (Å²) in [4.78, 5) is 18.3. The second-order valence-corrected chi connectivity index (χ2v) is 5.94. The fourth-order valence-corrected chi connectivity index (χ4v) is 3.00. The number of hydrogen-bond acceptors (Lipinski definition) is 4. The number of amides is 1. The van der Waals surface area contributed by atoms with Gasteiger partial charge in [-0.25, -0.2) is 0 Å². The number of rotatable bonds is 6. The van der Waals surface area contributed by atoms with Crippen LogP contribution in [0.3, 0.4) is 0 Å². The summed E-state index contributed by atoms with van der Waals surface area (Å²) in [7, 11) is 1.64. The molecule has 3 rings (SSSR count). The molecule has 1 fully saturated rings. The van der Waals surface area contributed by atoms with Crippen LogP contribution in [0.4, 0.5) is 0 Å². The highest BCUT2D eigenvalue weighted by atomic mass is 16.5. The topological polar surface area (TPSA) is 51.7 Å². The molecule has 1 amide bonds. The number of likely N-dealkylation sites (tertiary alicyclic amines) is 1. The molecule has 0 radical (unpaired) electrons. The highest BCUT2D eigenvalue weighted by molar-refractivity contribution is 5.94. The van der Waals surface area contributed by atoms with Crippen molar-refractivity contribution in [2.45, 2.75) is 12.8 Å². The van der Waals surface area contributed by atoms with Crippen molar-refractivity contribution < 1.29 is 14.3 Å². The minimum Gasteiger partial charge on any atom is -0.493 e. The van der Waals surface area contributed by atoms with Gasteiger partial charge in [-0.05, 0) is 43.0 Å². The first kappa shape index (κ1) is 16.3. The van der Waals surface area contributed by atoms with Gasteiger partial charge < -0.3 is 14.4 Å². The van der Waals surface area contributed by atoms with Gasteiger partial charge in [0.15, 0.2) is 11.5 Å². The maximum atomic E-state index is 12.4. The van der Waals surface area contributed by atoms with Crippen LogP contribution >= 0.6 is 0 Å². The van der Waals surface area contributed by atoms with Gasteiger partial charge in [-0.15, -0.1) is 0 Å². The molecule has 0 aliphatic carbocycles. The van der Waals surface area contributed by atoms with E-state index in [4.69, 9.17) is 9.47 Å². The molecule has 5 heteroatoms. The number of aromatic nitrogens is 1. The lowest BCUT2D eigenvalue weighted by Gasteiger charge is -2.17. The molecule has 0 bridgehead atoms. The fraction of sp³-hybridized carbons (Fsp3) is 0.368. The predicted octanol–water partition coefficient (Wildman–Crippen LogP) is 3.02. The lowest BCUT2D eigenvalue weighted by atomic mass is 10.1. The molecular formula is C19H22N2O3. The van der Waals surface area contributed by atoms with Crippen molar-refractivity contribution in [1.82, 2.24) is 9.88 Å². The van der Waals surface area contributed by atoms with Crippen molar-refractivity contribution in [3.63, 3.8) is 0 Å². The standard InChI is InChI=1S/C19H22N2O3/c1-23-17-6-2-3-7-18(17)24-12-9-15-8-11-21(14-15)19(22)16-5-4-10-20-13-16/h2-7,10,13,15H,8-9,11-12,14H2,1H3. The average molecular weight is 326 g/mol. The van der Waals surface area contributed by atoms with Gasteiger partial charge in [0.05, 0.1) is 19.3 Å². The number of carbonyl (C=O) groups excluding carboxylic acids is 1. The van der Waals surface area contributed by atoms with E-state index in [-0.39, 0.29) is 5.91 Å². The van der Waals surface area contributed by atoms with Crippen LogP contribution in [0, 0.1) is 5.92 Å². The number of benzene rings is 1. The Kier molecular flexibility index (Phi) is 5.31. The Morgan fingerprint density at radius 3 is 2.83 bits per heavy atom. The van der Waals surface area contributed by atoms with E-state index in [0.29, 0.717) is 18.1 Å². The molecule has 5 nitrogen and oxygen atoms in total. The largest absolute Gasteiger partial charge is 0.493 e. The van der Waals surface area contributed by atoms with Gasteiger partial charge in [0, 0.05) is 25.5 Å². The zero-order chi connectivity index (χ0) is 16.8. The SMILES string of the molecule is COc1ccccc1OCCC1CCN(C(=O)c2cccnc2)C1. The van der Waals surface area contributed by atoms with Crippen LogP contribution in [-0.4, -0.2) is 42.6 Å². The van der Waals surface area contributed by atoms with Gasteiger partial charge in [0.2, 0.25) is 0 Å². The first-order valence-electron chi connectivity index (χ1n) is 8.23. The van der Waals surface area contributed by atoms with Gasteiger partial charge in [0.25, 0.3) is 5.91 Å². The van der Waals surface area contributed by atoms with E-state index in [1.807, 2.05) is 35.2 Å². The number of ether oxygens (including phenoxy) is 2. The summed E-state index contributed by atoms with van der Waals surface area (Å²) in [5.41, 5.74) is 0.656. The number of para-hydroxylation sites is 2. The normalized spacial score (nSPS) is 16.9. The minimum atomic E-state index is 0.0660. The highest BCUT2D eigenvalue weighted by Crippen LogP contribution is 2.27. The molecule has 0 spiro atoms. The Morgan fingerprint density at radius 2 is 2.08 bits per heavy atom. The molecule has 2 aromatic rings. The summed E-state index contributed by atoms with van der Waals surface area (Å²) in [5.74, 6) is 2.05. The van der Waals surface area contributed by atoms with Crippen LogP contribution in [0.2, 0.25) is 0 Å². The van der Waals surface area contributed by atoms with Crippen molar-refractivity contribution in [3.8, 4) is 11.5 Å². The monoisotopic (exact) mass is 326 g/mol. The highest BCUT2D eigenvalue weighted by Gasteiger charge is 2.26. The van der Waals surface area contributed by atoms with Crippen LogP contribution < -0.4 is 9.47 Å². The second kappa shape index (κ2) is 7.81. The number of pyridine rings is 1. The van der Waals surface area contributed by atoms with E-state index in [1.165, 1.54) is 0 Å². The number of nitrogens with zero attached hydrogens (tertiary/aromatic N) is 2. The predicted molar refractivity (Wildman–Crippen MR) is 91.4 cm³/mol. The van der Waals surface area contributed by atoms with Crippen molar-refractivity contribution in [2.75, 3.05) is 26.8 Å². The second-order valence-electron chi connectivity index (χ2n) is 5.94. The van der Waals surface area contributed by atoms with E-state index in [2.05, 4.69) is 4.98 Å². The molecule has 1 aromatic carbocycles. The molecule has 2 heterocycles. The Hall–Kier alpha value is -2.56. The molecular weight excluding hydrogens is 304 g/mol. The molecule has 0 N–H and O–H groups in total. The minimum absolute atomic E-state index is 0.0660. The summed E-state index contributed by atoms with van der Waals surface area (Å²) in [5, 5.41) is 0. The van der Waals surface area contributed by atoms with Crippen molar-refractivity contribution >= 4 is 5.91 Å². The third-order valence-electron chi connectivity index (χ3n) is 4.33. The Bertz CT molecular complexity index is 675. The maximum absolute atomic E-state index is 12.4. The van der Waals surface area contributed by atoms with Gasteiger partial charge in [-0.3, -0.25) is 9.78 Å². The van der Waals surface area contributed by atoms with E-state index < -0.39 is 0 Å². The van der Waals surface area contributed by atoms with Crippen molar-refractivity contribution in [3.05, 3.63) is 54.4 Å². The number of hydrogen-bond donors (Lipinski definition) is 0. The van der Waals surface area contributed by atoms with Crippen molar-refractivity contribution in [1.29, 1.82) is 0 Å². The Balaban J connectivity index is 1.47. The summed E-state index contributed by atoms with van der Waals surface area (Å²) in [6, 6.07) is 11.3. The Morgan fingerprint density at radius 1 is 1.25 bits per heavy atom. The average Bonchev–Trinajstić information content (AvgIpc) is 3.11. The third kappa shape index (κ3) is 3.85. The van der Waals surface area contributed by atoms with Gasteiger partial charge in [0.1, 0.15) is 0 Å². The molecule has 1 saturated heterocycles. The molecule has 1 unspecified atom stereocenters. The van der Waals surface area contributed by atoms with Crippen molar-refractivity contribution in [2.24, 2.45) is 5.92 Å². The van der Waals surface area contributed by atoms with E-state index in [1.54, 1.807) is 25.6 Å². The zero-order valence-electron chi connectivity index (χ0n) is 13.9. The summed E-state index contributed by atoms with van der Waals surface area (Å²) in [6.45, 7) is 2.20. The summed E-state index contributed by atoms with van der Waals surface area (Å²) in [6.07, 6.45) is 5.25. The van der Waals surface area contributed by atoms with Crippen LogP contribution in [0.25, 0.3) is 0 Å². The number of methoxy groups -OCH3 is 1. The summed E-state index contributed by atoms with van der Waals surface area (Å²) < 4.78 is 11.1. The van der Waals surface area contributed by atoms with E-state index >= 15 is 0 Å². The quantitative estimate of drug-likeness (QED) is 0.819. The van der Waals surface area contributed by atoms with Crippen LogP contribution in [0.1, 0.15) is 23.2 Å². The molecule has 1 aromatic heterocycles. The summed E-state index contributed by atoms with van der Waals surface area (Å²) >= 11 is 0. The maximum Gasteiger partial charge on any atom is 0.255 e. The van der Waals surface area contributed by atoms with Gasteiger partial charge >= 0.3 is 0 Å². The van der Waals surface area contributed by atoms with Gasteiger partial charge in [-0.2, -0.15) is 0 Å². The molecule has 0 saturated carbocycles. The molecule has 1 aliphatic heterocycles. The first-order valence-corrected chi connectivity index (χ1v) is 8.23. The van der Waals surface area contributed by atoms with Crippen LogP contribution in [0.5, 0.6) is 11.5 Å². The lowest BCUT2D eigenvalue weighted by molar-refractivity contribution is 0.0785. The smallest absolute Gasteiger partial charge is 0.255 e. The molecule has 1 aliphatic rings. The Labute approximate surface area is 142 Å². The van der Waals surface area contributed by atoms with Gasteiger partial charge in [-0.1, -0.05) is 12.1 Å². The molecule has 126 valence electrons. The number of carbonyl (C=O) groups is 1. The first-order chi connectivity index (χ1) is 11.8. The zero-order valence-corrected chi connectivity index (χ0v) is 13.9. The molecule has 1 atom stereocenters.